The fourth-order valence-electron chi connectivity index (χ4n) is 1.59. The second kappa shape index (κ2) is 5.72. The monoisotopic (exact) mass is 349 g/mol. The number of hydrogen-bond donors (Lipinski definition) is 1. The molecule has 2 aromatic rings. The van der Waals surface area contributed by atoms with Crippen LogP contribution in [0.1, 0.15) is 16.5 Å². The van der Waals surface area contributed by atoms with Crippen molar-refractivity contribution in [3.63, 3.8) is 0 Å². The van der Waals surface area contributed by atoms with E-state index in [4.69, 9.17) is 28.9 Å². The summed E-state index contributed by atoms with van der Waals surface area (Å²) in [4.78, 5) is 1.23. The van der Waals surface area contributed by atoms with Crippen LogP contribution in [0.4, 0.5) is 0 Å². The zero-order valence-corrected chi connectivity index (χ0v) is 12.7. The fourth-order valence-corrected chi connectivity index (χ4v) is 3.68. The highest BCUT2D eigenvalue weighted by Gasteiger charge is 2.12. The van der Waals surface area contributed by atoms with Crippen molar-refractivity contribution in [1.29, 1.82) is 0 Å². The molecule has 1 nitrogen and oxygen atoms in total. The maximum Gasteiger partial charge on any atom is 0.0701 e. The summed E-state index contributed by atoms with van der Waals surface area (Å²) in [7, 11) is 0. The summed E-state index contributed by atoms with van der Waals surface area (Å²) in [5.41, 5.74) is 7.08. The number of rotatable bonds is 3. The summed E-state index contributed by atoms with van der Waals surface area (Å²) in [5.74, 6) is 0. The first-order chi connectivity index (χ1) is 8.06. The first-order valence-corrected chi connectivity index (χ1v) is 7.37. The predicted octanol–water partition coefficient (Wildman–Crippen LogP) is 5.06. The van der Waals surface area contributed by atoms with E-state index in [0.717, 1.165) is 15.8 Å². The van der Waals surface area contributed by atoms with E-state index in [1.807, 2.05) is 18.2 Å². The van der Waals surface area contributed by atoms with E-state index >= 15 is 0 Å². The molecule has 0 radical (unpaired) electrons. The van der Waals surface area contributed by atoms with E-state index in [1.54, 1.807) is 17.4 Å². The number of nitrogens with two attached hydrogens (primary N) is 1. The van der Waals surface area contributed by atoms with Crippen molar-refractivity contribution in [2.24, 2.45) is 5.73 Å². The lowest BCUT2D eigenvalue weighted by Gasteiger charge is -2.12. The third-order valence-corrected chi connectivity index (χ3v) is 4.62. The minimum atomic E-state index is -0.106. The maximum atomic E-state index is 6.15. The lowest BCUT2D eigenvalue weighted by Crippen LogP contribution is -2.13. The Kier molecular flexibility index (Phi) is 4.50. The van der Waals surface area contributed by atoms with Crippen molar-refractivity contribution in [3.8, 4) is 0 Å². The molecule has 0 bridgehead atoms. The molecule has 0 aliphatic rings. The molecule has 0 saturated heterocycles. The number of thiophene rings is 1. The van der Waals surface area contributed by atoms with Gasteiger partial charge in [0.05, 0.1) is 3.79 Å². The van der Waals surface area contributed by atoms with Crippen molar-refractivity contribution in [2.45, 2.75) is 12.5 Å². The van der Waals surface area contributed by atoms with Gasteiger partial charge < -0.3 is 5.73 Å². The van der Waals surface area contributed by atoms with Crippen LogP contribution in [0.15, 0.2) is 34.1 Å². The van der Waals surface area contributed by atoms with Crippen LogP contribution in [0.5, 0.6) is 0 Å². The van der Waals surface area contributed by atoms with Gasteiger partial charge in [-0.3, -0.25) is 0 Å². The van der Waals surface area contributed by atoms with E-state index < -0.39 is 0 Å². The van der Waals surface area contributed by atoms with E-state index in [2.05, 4.69) is 22.0 Å². The van der Waals surface area contributed by atoms with Gasteiger partial charge in [-0.25, -0.2) is 0 Å². The van der Waals surface area contributed by atoms with Crippen LogP contribution in [-0.2, 0) is 6.42 Å². The summed E-state index contributed by atoms with van der Waals surface area (Å²) >= 11 is 17.1. The number of hydrogen-bond acceptors (Lipinski definition) is 2. The Morgan fingerprint density at radius 3 is 2.59 bits per heavy atom. The van der Waals surface area contributed by atoms with Gasteiger partial charge in [-0.05, 0) is 45.8 Å². The summed E-state index contributed by atoms with van der Waals surface area (Å²) in [5, 5.41) is 1.26. The van der Waals surface area contributed by atoms with Gasteiger partial charge in [0.15, 0.2) is 0 Å². The quantitative estimate of drug-likeness (QED) is 0.822. The Morgan fingerprint density at radius 2 is 2.00 bits per heavy atom. The zero-order chi connectivity index (χ0) is 12.4. The fraction of sp³-hybridized carbons (Fsp3) is 0.167. The molecule has 90 valence electrons. The first kappa shape index (κ1) is 13.4. The molecule has 0 fully saturated rings. The van der Waals surface area contributed by atoms with Crippen molar-refractivity contribution >= 4 is 50.5 Å². The van der Waals surface area contributed by atoms with Crippen LogP contribution < -0.4 is 5.73 Å². The third kappa shape index (κ3) is 3.46. The molecule has 1 heterocycles. The molecule has 2 rings (SSSR count). The van der Waals surface area contributed by atoms with Gasteiger partial charge >= 0.3 is 0 Å². The molecule has 0 amide bonds. The second-order valence-electron chi connectivity index (χ2n) is 3.68. The SMILES string of the molecule is NC(Cc1ccc(Br)s1)c1ccc(Cl)cc1Cl. The van der Waals surface area contributed by atoms with Crippen LogP contribution in [0, 0.1) is 0 Å². The smallest absolute Gasteiger partial charge is 0.0701 e. The van der Waals surface area contributed by atoms with Gasteiger partial charge in [0, 0.05) is 27.4 Å². The molecule has 0 saturated carbocycles. The van der Waals surface area contributed by atoms with Crippen molar-refractivity contribution in [3.05, 3.63) is 54.6 Å². The molecule has 1 aromatic carbocycles. The van der Waals surface area contributed by atoms with Crippen LogP contribution in [0.3, 0.4) is 0 Å². The minimum Gasteiger partial charge on any atom is -0.324 e. The average molecular weight is 351 g/mol. The normalized spacial score (nSPS) is 12.7. The van der Waals surface area contributed by atoms with E-state index in [9.17, 15) is 0 Å². The highest BCUT2D eigenvalue weighted by molar-refractivity contribution is 9.11. The Balaban J connectivity index is 2.17. The molecule has 1 unspecified atom stereocenters. The van der Waals surface area contributed by atoms with Crippen LogP contribution in [-0.4, -0.2) is 0 Å². The molecule has 0 aliphatic heterocycles. The zero-order valence-electron chi connectivity index (χ0n) is 8.79. The predicted molar refractivity (Wildman–Crippen MR) is 79.1 cm³/mol. The van der Waals surface area contributed by atoms with Crippen molar-refractivity contribution in [2.75, 3.05) is 0 Å². The summed E-state index contributed by atoms with van der Waals surface area (Å²) in [6.07, 6.45) is 0.775. The Labute approximate surface area is 123 Å². The van der Waals surface area contributed by atoms with Gasteiger partial charge in [-0.15, -0.1) is 11.3 Å². The van der Waals surface area contributed by atoms with Gasteiger partial charge in [0.1, 0.15) is 0 Å². The Bertz CT molecular complexity index is 527. The molecule has 0 aliphatic carbocycles. The minimum absolute atomic E-state index is 0.106. The number of halogens is 3. The van der Waals surface area contributed by atoms with E-state index in [-0.39, 0.29) is 6.04 Å². The topological polar surface area (TPSA) is 26.0 Å². The van der Waals surface area contributed by atoms with Crippen LogP contribution in [0.2, 0.25) is 10.0 Å². The van der Waals surface area contributed by atoms with Gasteiger partial charge in [0.25, 0.3) is 0 Å². The van der Waals surface area contributed by atoms with Gasteiger partial charge in [0.2, 0.25) is 0 Å². The third-order valence-electron chi connectivity index (χ3n) is 2.41. The van der Waals surface area contributed by atoms with E-state index in [1.165, 1.54) is 4.88 Å². The summed E-state index contributed by atoms with van der Waals surface area (Å²) in [6.45, 7) is 0. The average Bonchev–Trinajstić information content (AvgIpc) is 2.63. The lowest BCUT2D eigenvalue weighted by atomic mass is 10.0. The molecular weight excluding hydrogens is 341 g/mol. The maximum absolute atomic E-state index is 6.15. The molecule has 1 atom stereocenters. The van der Waals surface area contributed by atoms with Crippen LogP contribution in [0.25, 0.3) is 0 Å². The molecular formula is C12H10BrCl2NS. The highest BCUT2D eigenvalue weighted by Crippen LogP contribution is 2.30. The molecule has 1 aromatic heterocycles. The molecule has 0 spiro atoms. The lowest BCUT2D eigenvalue weighted by molar-refractivity contribution is 0.730. The number of benzene rings is 1. The highest BCUT2D eigenvalue weighted by atomic mass is 79.9. The Morgan fingerprint density at radius 1 is 1.24 bits per heavy atom. The molecule has 2 N–H and O–H groups in total. The van der Waals surface area contributed by atoms with Crippen molar-refractivity contribution < 1.29 is 0 Å². The van der Waals surface area contributed by atoms with Crippen LogP contribution >= 0.6 is 50.5 Å². The standard InChI is InChI=1S/C12H10BrCl2NS/c13-12-4-2-8(17-12)6-11(16)9-3-1-7(14)5-10(9)15/h1-5,11H,6,16H2. The van der Waals surface area contributed by atoms with Crippen molar-refractivity contribution in [1.82, 2.24) is 0 Å². The molecule has 17 heavy (non-hydrogen) atoms. The van der Waals surface area contributed by atoms with Gasteiger partial charge in [-0.1, -0.05) is 29.3 Å². The van der Waals surface area contributed by atoms with E-state index in [0.29, 0.717) is 10.0 Å². The summed E-state index contributed by atoms with van der Waals surface area (Å²) < 4.78 is 1.11. The Hall–Kier alpha value is -0.0600. The largest absolute Gasteiger partial charge is 0.324 e. The first-order valence-electron chi connectivity index (χ1n) is 5.01. The molecule has 5 heteroatoms. The second-order valence-corrected chi connectivity index (χ2v) is 7.07. The summed E-state index contributed by atoms with van der Waals surface area (Å²) in [6, 6.07) is 9.41. The van der Waals surface area contributed by atoms with Gasteiger partial charge in [-0.2, -0.15) is 0 Å².